The fourth-order valence-corrected chi connectivity index (χ4v) is 0.861. The Labute approximate surface area is 72.1 Å². The molecule has 1 amide bonds. The van der Waals surface area contributed by atoms with Crippen LogP contribution in [-0.4, -0.2) is 15.7 Å². The highest BCUT2D eigenvalue weighted by molar-refractivity contribution is 14.1. The zero-order chi connectivity index (χ0) is 7.56. The number of aryl methyl sites for hydroxylation is 1. The molecule has 0 atom stereocenters. The molecule has 1 aromatic heterocycles. The molecular formula is C5H6IN3O. The van der Waals surface area contributed by atoms with E-state index >= 15 is 0 Å². The summed E-state index contributed by atoms with van der Waals surface area (Å²) in [5.41, 5.74) is 0.442. The Morgan fingerprint density at radius 1 is 1.90 bits per heavy atom. The molecule has 0 bridgehead atoms. The molecule has 0 radical (unpaired) electrons. The zero-order valence-corrected chi connectivity index (χ0v) is 7.49. The van der Waals surface area contributed by atoms with Crippen LogP contribution in [0.5, 0.6) is 0 Å². The normalized spacial score (nSPS) is 9.40. The van der Waals surface area contributed by atoms with Crippen molar-refractivity contribution < 1.29 is 4.79 Å². The molecule has 0 saturated heterocycles. The molecule has 5 heteroatoms. The first-order valence-corrected chi connectivity index (χ1v) is 3.72. The number of nitrogens with one attached hydrogen (secondary N) is 1. The van der Waals surface area contributed by atoms with Gasteiger partial charge in [-0.15, -0.1) is 0 Å². The summed E-state index contributed by atoms with van der Waals surface area (Å²) >= 11 is 1.78. The van der Waals surface area contributed by atoms with Gasteiger partial charge in [0.25, 0.3) is 5.91 Å². The molecule has 0 fully saturated rings. The molecule has 0 aromatic carbocycles. The van der Waals surface area contributed by atoms with Crippen molar-refractivity contribution >= 4 is 28.8 Å². The molecule has 54 valence electrons. The van der Waals surface area contributed by atoms with E-state index in [1.165, 1.54) is 0 Å². The van der Waals surface area contributed by atoms with E-state index in [2.05, 4.69) is 8.63 Å². The highest BCUT2D eigenvalue weighted by Crippen LogP contribution is 1.93. The van der Waals surface area contributed by atoms with Crippen LogP contribution >= 0.6 is 22.9 Å². The molecule has 0 unspecified atom stereocenters. The minimum atomic E-state index is -0.166. The average molecular weight is 251 g/mol. The Bertz CT molecular complexity index is 245. The Balaban J connectivity index is 2.85. The van der Waals surface area contributed by atoms with E-state index in [1.807, 2.05) is 0 Å². The third kappa shape index (κ3) is 1.47. The van der Waals surface area contributed by atoms with Crippen molar-refractivity contribution in [3.63, 3.8) is 0 Å². The van der Waals surface area contributed by atoms with Gasteiger partial charge < -0.3 is 0 Å². The van der Waals surface area contributed by atoms with Crippen molar-refractivity contribution in [1.29, 1.82) is 0 Å². The monoisotopic (exact) mass is 251 g/mol. The van der Waals surface area contributed by atoms with Crippen molar-refractivity contribution in [2.45, 2.75) is 0 Å². The number of carbonyl (C=O) groups is 1. The van der Waals surface area contributed by atoms with E-state index in [1.54, 1.807) is 46.9 Å². The molecule has 4 nitrogen and oxygen atoms in total. The number of halogens is 1. The Kier molecular flexibility index (Phi) is 2.25. The van der Waals surface area contributed by atoms with Gasteiger partial charge in [-0.05, 0) is 6.07 Å². The molecule has 0 saturated carbocycles. The number of rotatable bonds is 1. The van der Waals surface area contributed by atoms with Gasteiger partial charge in [-0.2, -0.15) is 5.10 Å². The second-order valence-corrected chi connectivity index (χ2v) is 2.34. The second kappa shape index (κ2) is 3.00. The van der Waals surface area contributed by atoms with E-state index in [4.69, 9.17) is 0 Å². The summed E-state index contributed by atoms with van der Waals surface area (Å²) in [7, 11) is 1.77. The average Bonchev–Trinajstić information content (AvgIpc) is 2.34. The highest BCUT2D eigenvalue weighted by atomic mass is 127. The van der Waals surface area contributed by atoms with E-state index in [9.17, 15) is 4.79 Å². The molecule has 0 aliphatic carbocycles. The third-order valence-electron chi connectivity index (χ3n) is 1.03. The van der Waals surface area contributed by atoms with Gasteiger partial charge in [0.15, 0.2) is 5.69 Å². The number of nitrogens with zero attached hydrogens (tertiary/aromatic N) is 2. The van der Waals surface area contributed by atoms with Gasteiger partial charge in [-0.1, -0.05) is 0 Å². The minimum Gasteiger partial charge on any atom is -0.293 e. The number of aromatic nitrogens is 2. The molecule has 1 rings (SSSR count). The quantitative estimate of drug-likeness (QED) is 0.583. The van der Waals surface area contributed by atoms with Gasteiger partial charge in [0.05, 0.1) is 22.9 Å². The van der Waals surface area contributed by atoms with Crippen molar-refractivity contribution in [1.82, 2.24) is 13.3 Å². The molecule has 10 heavy (non-hydrogen) atoms. The molecule has 0 aliphatic heterocycles. The summed E-state index contributed by atoms with van der Waals surface area (Å²) in [5, 5.41) is 3.88. The van der Waals surface area contributed by atoms with Gasteiger partial charge >= 0.3 is 0 Å². The molecule has 1 aromatic rings. The molecule has 1 heterocycles. The van der Waals surface area contributed by atoms with Gasteiger partial charge in [0, 0.05) is 13.2 Å². The maximum absolute atomic E-state index is 10.8. The van der Waals surface area contributed by atoms with Gasteiger partial charge in [-0.3, -0.25) is 13.0 Å². The predicted molar refractivity (Wildman–Crippen MR) is 44.7 cm³/mol. The summed E-state index contributed by atoms with van der Waals surface area (Å²) in [6.45, 7) is 0. The summed E-state index contributed by atoms with van der Waals surface area (Å²) in [5.74, 6) is -0.166. The standard InChI is InChI=1S/C5H6IN3O/c1-9-3-2-4(8-9)5(10)7-6/h2-3H,1H3,(H,7,10). The van der Waals surface area contributed by atoms with Crippen molar-refractivity contribution in [2.75, 3.05) is 0 Å². The van der Waals surface area contributed by atoms with Crippen LogP contribution in [0.4, 0.5) is 0 Å². The van der Waals surface area contributed by atoms with Gasteiger partial charge in [-0.25, -0.2) is 0 Å². The number of amides is 1. The van der Waals surface area contributed by atoms with E-state index in [-0.39, 0.29) is 5.91 Å². The molecule has 0 spiro atoms. The fraction of sp³-hybridized carbons (Fsp3) is 0.200. The summed E-state index contributed by atoms with van der Waals surface area (Å²) in [6, 6.07) is 1.66. The van der Waals surface area contributed by atoms with Crippen LogP contribution in [0, 0.1) is 0 Å². The Hall–Kier alpha value is -0.590. The first-order chi connectivity index (χ1) is 4.74. The number of hydrogen-bond donors (Lipinski definition) is 1. The predicted octanol–water partition coefficient (Wildman–Crippen LogP) is 0.500. The maximum atomic E-state index is 10.8. The van der Waals surface area contributed by atoms with Crippen LogP contribution in [0.1, 0.15) is 10.5 Å². The lowest BCUT2D eigenvalue weighted by Crippen LogP contribution is -2.12. The molecular weight excluding hydrogens is 245 g/mol. The second-order valence-electron chi connectivity index (χ2n) is 1.80. The topological polar surface area (TPSA) is 46.9 Å². The van der Waals surface area contributed by atoms with Gasteiger partial charge in [0.2, 0.25) is 0 Å². The summed E-state index contributed by atoms with van der Waals surface area (Å²) in [6.07, 6.45) is 1.72. The molecule has 1 N–H and O–H groups in total. The SMILES string of the molecule is Cn1ccc(C(=O)NI)n1. The highest BCUT2D eigenvalue weighted by Gasteiger charge is 2.04. The Morgan fingerprint density at radius 2 is 2.60 bits per heavy atom. The number of carbonyl (C=O) groups excluding carboxylic acids is 1. The van der Waals surface area contributed by atoms with Crippen LogP contribution < -0.4 is 3.53 Å². The number of hydrogen-bond acceptors (Lipinski definition) is 2. The largest absolute Gasteiger partial charge is 0.293 e. The fourth-order valence-electron chi connectivity index (χ4n) is 0.585. The van der Waals surface area contributed by atoms with Crippen LogP contribution in [0.25, 0.3) is 0 Å². The van der Waals surface area contributed by atoms with E-state index < -0.39 is 0 Å². The summed E-state index contributed by atoms with van der Waals surface area (Å²) in [4.78, 5) is 10.8. The lowest BCUT2D eigenvalue weighted by molar-refractivity contribution is 0.0984. The van der Waals surface area contributed by atoms with E-state index in [0.29, 0.717) is 5.69 Å². The van der Waals surface area contributed by atoms with Gasteiger partial charge in [0.1, 0.15) is 0 Å². The third-order valence-corrected chi connectivity index (χ3v) is 1.52. The minimum absolute atomic E-state index is 0.166. The van der Waals surface area contributed by atoms with E-state index in [0.717, 1.165) is 0 Å². The Morgan fingerprint density at radius 3 is 3.00 bits per heavy atom. The van der Waals surface area contributed by atoms with Crippen LogP contribution in [0.3, 0.4) is 0 Å². The zero-order valence-electron chi connectivity index (χ0n) is 5.34. The van der Waals surface area contributed by atoms with Crippen LogP contribution in [0.2, 0.25) is 0 Å². The lowest BCUT2D eigenvalue weighted by Gasteiger charge is -1.89. The van der Waals surface area contributed by atoms with Crippen molar-refractivity contribution in [3.05, 3.63) is 18.0 Å². The van der Waals surface area contributed by atoms with Crippen LogP contribution in [0.15, 0.2) is 12.3 Å². The van der Waals surface area contributed by atoms with Crippen molar-refractivity contribution in [2.24, 2.45) is 7.05 Å². The summed E-state index contributed by atoms with van der Waals surface area (Å²) < 4.78 is 4.03. The first-order valence-electron chi connectivity index (χ1n) is 2.64. The first kappa shape index (κ1) is 7.52. The smallest absolute Gasteiger partial charge is 0.280 e. The lowest BCUT2D eigenvalue weighted by atomic mass is 10.4. The van der Waals surface area contributed by atoms with Crippen molar-refractivity contribution in [3.8, 4) is 0 Å². The van der Waals surface area contributed by atoms with Crippen LogP contribution in [-0.2, 0) is 7.05 Å². The maximum Gasteiger partial charge on any atom is 0.280 e. The molecule has 0 aliphatic rings.